The zero-order chi connectivity index (χ0) is 13.1. The molecule has 2 aromatic rings. The molecule has 0 fully saturated rings. The van der Waals surface area contributed by atoms with Gasteiger partial charge >= 0.3 is 0 Å². The average molecular weight is 267 g/mol. The smallest absolute Gasteiger partial charge is 0.223 e. The highest BCUT2D eigenvalue weighted by atomic mass is 35.5. The molecule has 1 atom stereocenters. The lowest BCUT2D eigenvalue weighted by atomic mass is 10.1. The van der Waals surface area contributed by atoms with Gasteiger partial charge in [-0.15, -0.1) is 0 Å². The van der Waals surface area contributed by atoms with Crippen molar-refractivity contribution in [3.8, 4) is 0 Å². The fourth-order valence-electron chi connectivity index (χ4n) is 1.59. The third kappa shape index (κ3) is 3.07. The number of aromatic nitrogens is 2. The van der Waals surface area contributed by atoms with Crippen LogP contribution in [-0.2, 0) is 0 Å². The quantitative estimate of drug-likeness (QED) is 0.838. The van der Waals surface area contributed by atoms with Gasteiger partial charge in [-0.1, -0.05) is 23.7 Å². The Balaban J connectivity index is 2.18. The fourth-order valence-corrected chi connectivity index (χ4v) is 1.78. The molecule has 0 saturated carbocycles. The van der Waals surface area contributed by atoms with Crippen LogP contribution in [0.25, 0.3) is 0 Å². The molecule has 94 valence electrons. The first-order valence-electron chi connectivity index (χ1n) is 5.36. The molecule has 1 aromatic heterocycles. The number of nitrogens with zero attached hydrogens (tertiary/aromatic N) is 2. The number of nitrogen functional groups attached to an aromatic ring is 1. The lowest BCUT2D eigenvalue weighted by molar-refractivity contribution is 0.623. The van der Waals surface area contributed by atoms with Crippen LogP contribution < -0.4 is 11.1 Å². The third-order valence-electron chi connectivity index (χ3n) is 2.43. The standard InChI is InChI=1S/C12H12ClFN4/c1-7(8-3-2-4-9(14)5-8)16-11-6-10(13)17-12(15)18-11/h2-7H,1H3,(H3,15,16,17,18). The van der Waals surface area contributed by atoms with E-state index in [1.54, 1.807) is 12.1 Å². The second kappa shape index (κ2) is 5.18. The van der Waals surface area contributed by atoms with E-state index in [1.165, 1.54) is 12.1 Å². The number of halogens is 2. The van der Waals surface area contributed by atoms with E-state index < -0.39 is 0 Å². The Labute approximate surface area is 109 Å². The third-order valence-corrected chi connectivity index (χ3v) is 2.62. The summed E-state index contributed by atoms with van der Waals surface area (Å²) in [6.07, 6.45) is 0. The molecule has 0 radical (unpaired) electrons. The van der Waals surface area contributed by atoms with Gasteiger partial charge in [0.15, 0.2) is 0 Å². The molecule has 1 unspecified atom stereocenters. The van der Waals surface area contributed by atoms with Crippen LogP contribution in [0.5, 0.6) is 0 Å². The van der Waals surface area contributed by atoms with Gasteiger partial charge < -0.3 is 11.1 Å². The molecule has 2 rings (SSSR count). The van der Waals surface area contributed by atoms with Gasteiger partial charge in [-0.2, -0.15) is 4.98 Å². The van der Waals surface area contributed by atoms with Crippen LogP contribution in [0.1, 0.15) is 18.5 Å². The molecule has 6 heteroatoms. The zero-order valence-electron chi connectivity index (χ0n) is 9.69. The molecule has 3 N–H and O–H groups in total. The average Bonchev–Trinajstić information content (AvgIpc) is 2.27. The van der Waals surface area contributed by atoms with Crippen molar-refractivity contribution in [2.75, 3.05) is 11.1 Å². The summed E-state index contributed by atoms with van der Waals surface area (Å²) in [4.78, 5) is 7.76. The second-order valence-corrected chi connectivity index (χ2v) is 4.24. The molecular weight excluding hydrogens is 255 g/mol. The van der Waals surface area contributed by atoms with Crippen molar-refractivity contribution in [1.82, 2.24) is 9.97 Å². The molecule has 0 aliphatic rings. The van der Waals surface area contributed by atoms with E-state index in [0.717, 1.165) is 5.56 Å². The number of nitrogens with one attached hydrogen (secondary N) is 1. The van der Waals surface area contributed by atoms with Crippen molar-refractivity contribution < 1.29 is 4.39 Å². The molecule has 18 heavy (non-hydrogen) atoms. The number of hydrogen-bond donors (Lipinski definition) is 2. The minimum absolute atomic E-state index is 0.0939. The Kier molecular flexibility index (Phi) is 3.62. The van der Waals surface area contributed by atoms with Crippen LogP contribution >= 0.6 is 11.6 Å². The summed E-state index contributed by atoms with van der Waals surface area (Å²) < 4.78 is 13.1. The summed E-state index contributed by atoms with van der Waals surface area (Å²) in [6.45, 7) is 1.89. The maximum Gasteiger partial charge on any atom is 0.223 e. The van der Waals surface area contributed by atoms with Crippen molar-refractivity contribution in [1.29, 1.82) is 0 Å². The molecule has 0 aliphatic carbocycles. The molecule has 0 bridgehead atoms. The van der Waals surface area contributed by atoms with Gasteiger partial charge in [-0.3, -0.25) is 0 Å². The number of rotatable bonds is 3. The minimum atomic E-state index is -0.276. The minimum Gasteiger partial charge on any atom is -0.368 e. The summed E-state index contributed by atoms with van der Waals surface area (Å²) in [7, 11) is 0. The number of nitrogens with two attached hydrogens (primary N) is 1. The van der Waals surface area contributed by atoms with Crippen LogP contribution in [0.2, 0.25) is 5.15 Å². The molecule has 1 heterocycles. The molecule has 4 nitrogen and oxygen atoms in total. The molecule has 0 amide bonds. The molecule has 1 aromatic carbocycles. The highest BCUT2D eigenvalue weighted by molar-refractivity contribution is 6.29. The summed E-state index contributed by atoms with van der Waals surface area (Å²) >= 11 is 5.77. The fraction of sp³-hybridized carbons (Fsp3) is 0.167. The van der Waals surface area contributed by atoms with E-state index in [1.807, 2.05) is 13.0 Å². The van der Waals surface area contributed by atoms with E-state index in [0.29, 0.717) is 5.82 Å². The lowest BCUT2D eigenvalue weighted by Crippen LogP contribution is -2.09. The first-order valence-corrected chi connectivity index (χ1v) is 5.74. The Bertz CT molecular complexity index is 541. The summed E-state index contributed by atoms with van der Waals surface area (Å²) in [5, 5.41) is 3.35. The largest absolute Gasteiger partial charge is 0.368 e. The number of benzene rings is 1. The zero-order valence-corrected chi connectivity index (χ0v) is 10.4. The van der Waals surface area contributed by atoms with Crippen molar-refractivity contribution in [3.63, 3.8) is 0 Å². The monoisotopic (exact) mass is 266 g/mol. The first kappa shape index (κ1) is 12.6. The molecule has 0 saturated heterocycles. The van der Waals surface area contributed by atoms with Crippen molar-refractivity contribution in [3.05, 3.63) is 46.9 Å². The van der Waals surface area contributed by atoms with E-state index in [-0.39, 0.29) is 23.0 Å². The van der Waals surface area contributed by atoms with Gasteiger partial charge in [0.05, 0.1) is 6.04 Å². The van der Waals surface area contributed by atoms with Crippen LogP contribution in [0, 0.1) is 5.82 Å². The van der Waals surface area contributed by atoms with Crippen LogP contribution in [0.3, 0.4) is 0 Å². The number of hydrogen-bond acceptors (Lipinski definition) is 4. The van der Waals surface area contributed by atoms with Gasteiger partial charge in [0.25, 0.3) is 0 Å². The number of anilines is 2. The van der Waals surface area contributed by atoms with E-state index in [9.17, 15) is 4.39 Å². The van der Waals surface area contributed by atoms with Crippen molar-refractivity contribution in [2.45, 2.75) is 13.0 Å². The van der Waals surface area contributed by atoms with Crippen molar-refractivity contribution in [2.24, 2.45) is 0 Å². The topological polar surface area (TPSA) is 63.8 Å². The Hall–Kier alpha value is -1.88. The molecule has 0 spiro atoms. The summed E-state index contributed by atoms with van der Waals surface area (Å²) in [5.74, 6) is 0.321. The SMILES string of the molecule is CC(Nc1cc(Cl)nc(N)n1)c1cccc(F)c1. The maximum absolute atomic E-state index is 13.1. The normalized spacial score (nSPS) is 12.2. The second-order valence-electron chi connectivity index (χ2n) is 3.86. The Morgan fingerprint density at radius 2 is 2.11 bits per heavy atom. The van der Waals surface area contributed by atoms with E-state index in [4.69, 9.17) is 17.3 Å². The van der Waals surface area contributed by atoms with Gasteiger partial charge in [-0.05, 0) is 24.6 Å². The lowest BCUT2D eigenvalue weighted by Gasteiger charge is -2.15. The summed E-state index contributed by atoms with van der Waals surface area (Å²) in [5.41, 5.74) is 6.30. The van der Waals surface area contributed by atoms with E-state index >= 15 is 0 Å². The van der Waals surface area contributed by atoms with Gasteiger partial charge in [0, 0.05) is 6.07 Å². The Morgan fingerprint density at radius 3 is 2.78 bits per heavy atom. The predicted octanol–water partition coefficient (Wildman–Crippen LogP) is 3.02. The van der Waals surface area contributed by atoms with Crippen molar-refractivity contribution >= 4 is 23.4 Å². The molecular formula is C12H12ClFN4. The highest BCUT2D eigenvalue weighted by Gasteiger charge is 2.08. The Morgan fingerprint density at radius 1 is 1.33 bits per heavy atom. The first-order chi connectivity index (χ1) is 8.54. The summed E-state index contributed by atoms with van der Waals surface area (Å²) in [6, 6.07) is 7.79. The van der Waals surface area contributed by atoms with Gasteiger partial charge in [0.2, 0.25) is 5.95 Å². The van der Waals surface area contributed by atoms with Gasteiger partial charge in [-0.25, -0.2) is 9.37 Å². The van der Waals surface area contributed by atoms with Gasteiger partial charge in [0.1, 0.15) is 16.8 Å². The van der Waals surface area contributed by atoms with Crippen LogP contribution in [0.4, 0.5) is 16.2 Å². The maximum atomic E-state index is 13.1. The predicted molar refractivity (Wildman–Crippen MR) is 69.9 cm³/mol. The van der Waals surface area contributed by atoms with E-state index in [2.05, 4.69) is 15.3 Å². The van der Waals surface area contributed by atoms with Crippen LogP contribution in [0.15, 0.2) is 30.3 Å². The van der Waals surface area contributed by atoms with Crippen LogP contribution in [-0.4, -0.2) is 9.97 Å². The highest BCUT2D eigenvalue weighted by Crippen LogP contribution is 2.20. The molecule has 0 aliphatic heterocycles.